The van der Waals surface area contributed by atoms with Crippen LogP contribution < -0.4 is 5.56 Å². The number of hydrogen-bond donors (Lipinski definition) is 1. The van der Waals surface area contributed by atoms with Gasteiger partial charge >= 0.3 is 0 Å². The molecular formula is C32H29N5O2. The molecule has 7 nitrogen and oxygen atoms in total. The van der Waals surface area contributed by atoms with Gasteiger partial charge in [-0.25, -0.2) is 9.99 Å². The summed E-state index contributed by atoms with van der Waals surface area (Å²) in [6.45, 7) is 3.13. The van der Waals surface area contributed by atoms with Crippen molar-refractivity contribution >= 4 is 33.3 Å². The summed E-state index contributed by atoms with van der Waals surface area (Å²) in [7, 11) is 0. The van der Waals surface area contributed by atoms with E-state index in [9.17, 15) is 9.59 Å². The Bertz CT molecular complexity index is 1740. The van der Waals surface area contributed by atoms with E-state index >= 15 is 0 Å². The summed E-state index contributed by atoms with van der Waals surface area (Å²) in [5.74, 6) is 0.444. The molecule has 1 aliphatic rings. The maximum Gasteiger partial charge on any atom is 0.258 e. The molecule has 2 heterocycles. The van der Waals surface area contributed by atoms with E-state index in [1.807, 2.05) is 72.5 Å². The van der Waals surface area contributed by atoms with Crippen LogP contribution in [0.2, 0.25) is 0 Å². The maximum absolute atomic E-state index is 13.7. The maximum atomic E-state index is 13.7. The number of rotatable bonds is 7. The molecule has 0 saturated carbocycles. The molecule has 5 aromatic rings. The third kappa shape index (κ3) is 5.09. The standard InChI is InChI=1S/C32H29N5O2/c1-2-36(20-30-33-27-15-9-8-14-26(27)32(39)34-30)21-31(38)37-29(23-11-4-3-5-12-23)19-28(35-37)25-17-16-22-10-6-7-13-24(22)18-25/h3-18,29H,2,19-21H2,1H3,(H,33,34,39)/t29-/m1/s1. The van der Waals surface area contributed by atoms with Crippen molar-refractivity contribution in [3.05, 3.63) is 124 Å². The highest BCUT2D eigenvalue weighted by Crippen LogP contribution is 2.33. The van der Waals surface area contributed by atoms with E-state index in [-0.39, 0.29) is 24.1 Å². The Morgan fingerprint density at radius 3 is 2.51 bits per heavy atom. The SMILES string of the molecule is CCN(CC(=O)N1N=C(c2ccc3ccccc3c2)C[C@@H]1c1ccccc1)Cc1nc2ccccc2c(=O)[nH]1. The number of carbonyl (C=O) groups is 1. The Morgan fingerprint density at radius 1 is 0.949 bits per heavy atom. The number of hydrogen-bond acceptors (Lipinski definition) is 5. The van der Waals surface area contributed by atoms with Crippen LogP contribution in [0.5, 0.6) is 0 Å². The van der Waals surface area contributed by atoms with Crippen molar-refractivity contribution < 1.29 is 4.79 Å². The number of benzene rings is 4. The molecular weight excluding hydrogens is 486 g/mol. The van der Waals surface area contributed by atoms with Gasteiger partial charge in [-0.2, -0.15) is 5.10 Å². The lowest BCUT2D eigenvalue weighted by molar-refractivity contribution is -0.134. The zero-order chi connectivity index (χ0) is 26.8. The molecule has 4 aromatic carbocycles. The van der Waals surface area contributed by atoms with Gasteiger partial charge in [0.1, 0.15) is 5.82 Å². The van der Waals surface area contributed by atoms with E-state index in [0.717, 1.165) is 22.2 Å². The van der Waals surface area contributed by atoms with Crippen molar-refractivity contribution in [1.82, 2.24) is 19.9 Å². The molecule has 0 bridgehead atoms. The van der Waals surface area contributed by atoms with Crippen LogP contribution in [0.25, 0.3) is 21.7 Å². The molecule has 0 spiro atoms. The largest absolute Gasteiger partial charge is 0.309 e. The van der Waals surface area contributed by atoms with Gasteiger partial charge in [-0.1, -0.05) is 85.8 Å². The lowest BCUT2D eigenvalue weighted by Crippen LogP contribution is -2.38. The minimum absolute atomic E-state index is 0.0929. The zero-order valence-electron chi connectivity index (χ0n) is 21.7. The van der Waals surface area contributed by atoms with Gasteiger partial charge in [-0.05, 0) is 46.6 Å². The molecule has 0 radical (unpaired) electrons. The first-order valence-corrected chi connectivity index (χ1v) is 13.2. The summed E-state index contributed by atoms with van der Waals surface area (Å²) in [4.78, 5) is 35.8. The molecule has 0 saturated heterocycles. The molecule has 1 amide bonds. The quantitative estimate of drug-likeness (QED) is 0.320. The fraction of sp³-hybridized carbons (Fsp3) is 0.188. The van der Waals surface area contributed by atoms with E-state index in [1.165, 1.54) is 5.39 Å². The monoisotopic (exact) mass is 515 g/mol. The number of nitrogens with zero attached hydrogens (tertiary/aromatic N) is 4. The van der Waals surface area contributed by atoms with Gasteiger partial charge in [0.05, 0.1) is 35.7 Å². The topological polar surface area (TPSA) is 81.7 Å². The third-order valence-corrected chi connectivity index (χ3v) is 7.27. The Labute approximate surface area is 226 Å². The molecule has 0 aliphatic carbocycles. The van der Waals surface area contributed by atoms with E-state index in [4.69, 9.17) is 5.10 Å². The van der Waals surface area contributed by atoms with Crippen LogP contribution in [0.4, 0.5) is 0 Å². The predicted octanol–water partition coefficient (Wildman–Crippen LogP) is 5.28. The summed E-state index contributed by atoms with van der Waals surface area (Å²) in [5.41, 5.74) is 3.44. The Morgan fingerprint density at radius 2 is 1.69 bits per heavy atom. The van der Waals surface area contributed by atoms with Crippen LogP contribution in [0.1, 0.15) is 36.3 Å². The molecule has 1 aliphatic heterocycles. The summed E-state index contributed by atoms with van der Waals surface area (Å²) in [6, 6.07) is 31.7. The van der Waals surface area contributed by atoms with Crippen LogP contribution >= 0.6 is 0 Å². The van der Waals surface area contributed by atoms with E-state index in [2.05, 4.69) is 40.3 Å². The summed E-state index contributed by atoms with van der Waals surface area (Å²) in [5, 5.41) is 9.38. The molecule has 1 aromatic heterocycles. The molecule has 39 heavy (non-hydrogen) atoms. The van der Waals surface area contributed by atoms with Crippen molar-refractivity contribution in [3.63, 3.8) is 0 Å². The number of carbonyl (C=O) groups excluding carboxylic acids is 1. The summed E-state index contributed by atoms with van der Waals surface area (Å²) in [6.07, 6.45) is 0.639. The Hall–Kier alpha value is -4.62. The third-order valence-electron chi connectivity index (χ3n) is 7.27. The highest BCUT2D eigenvalue weighted by molar-refractivity contribution is 6.05. The number of fused-ring (bicyclic) bond motifs is 2. The summed E-state index contributed by atoms with van der Waals surface area (Å²) >= 11 is 0. The second-order valence-electron chi connectivity index (χ2n) is 9.81. The normalized spacial score (nSPS) is 15.3. The lowest BCUT2D eigenvalue weighted by atomic mass is 9.97. The number of H-pyrrole nitrogens is 1. The smallest absolute Gasteiger partial charge is 0.258 e. The zero-order valence-corrected chi connectivity index (χ0v) is 21.7. The number of para-hydroxylation sites is 1. The minimum Gasteiger partial charge on any atom is -0.309 e. The highest BCUT2D eigenvalue weighted by Gasteiger charge is 2.33. The predicted molar refractivity (Wildman–Crippen MR) is 154 cm³/mol. The van der Waals surface area contributed by atoms with Crippen molar-refractivity contribution in [1.29, 1.82) is 0 Å². The van der Waals surface area contributed by atoms with Crippen LogP contribution in [-0.2, 0) is 11.3 Å². The van der Waals surface area contributed by atoms with Crippen LogP contribution in [0.3, 0.4) is 0 Å². The average molecular weight is 516 g/mol. The van der Waals surface area contributed by atoms with Crippen LogP contribution in [-0.4, -0.2) is 44.6 Å². The molecule has 1 atom stereocenters. The fourth-order valence-corrected chi connectivity index (χ4v) is 5.18. The Balaban J connectivity index is 1.27. The number of aromatic nitrogens is 2. The minimum atomic E-state index is -0.183. The van der Waals surface area contributed by atoms with Crippen molar-refractivity contribution in [2.45, 2.75) is 25.9 Å². The van der Waals surface area contributed by atoms with Gasteiger partial charge in [0.25, 0.3) is 11.5 Å². The van der Waals surface area contributed by atoms with Gasteiger partial charge in [-0.15, -0.1) is 0 Å². The first-order chi connectivity index (χ1) is 19.1. The Kier molecular flexibility index (Phi) is 6.73. The number of hydrazone groups is 1. The molecule has 0 unspecified atom stereocenters. The van der Waals surface area contributed by atoms with E-state index < -0.39 is 0 Å². The van der Waals surface area contributed by atoms with Crippen LogP contribution in [0, 0.1) is 0 Å². The average Bonchev–Trinajstić information content (AvgIpc) is 3.43. The van der Waals surface area contributed by atoms with Gasteiger partial charge in [-0.3, -0.25) is 14.5 Å². The molecule has 1 N–H and O–H groups in total. The van der Waals surface area contributed by atoms with Gasteiger partial charge in [0.15, 0.2) is 0 Å². The van der Waals surface area contributed by atoms with Crippen LogP contribution in [0.15, 0.2) is 107 Å². The summed E-state index contributed by atoms with van der Waals surface area (Å²) < 4.78 is 0. The number of likely N-dealkylation sites (N-methyl/N-ethyl adjacent to an activating group) is 1. The number of amides is 1. The number of nitrogens with one attached hydrogen (secondary N) is 1. The van der Waals surface area contributed by atoms with Crippen molar-refractivity contribution in [2.75, 3.05) is 13.1 Å². The van der Waals surface area contributed by atoms with Gasteiger partial charge in [0, 0.05) is 6.42 Å². The first-order valence-electron chi connectivity index (χ1n) is 13.2. The van der Waals surface area contributed by atoms with E-state index in [1.54, 1.807) is 11.1 Å². The van der Waals surface area contributed by atoms with Gasteiger partial charge < -0.3 is 4.98 Å². The molecule has 0 fully saturated rings. The van der Waals surface area contributed by atoms with Crippen molar-refractivity contribution in [3.8, 4) is 0 Å². The second-order valence-corrected chi connectivity index (χ2v) is 9.81. The molecule has 6 rings (SSSR count). The van der Waals surface area contributed by atoms with Gasteiger partial charge in [0.2, 0.25) is 0 Å². The second kappa shape index (κ2) is 10.6. The molecule has 7 heteroatoms. The van der Waals surface area contributed by atoms with Crippen molar-refractivity contribution in [2.24, 2.45) is 5.10 Å². The lowest BCUT2D eigenvalue weighted by Gasteiger charge is -2.26. The highest BCUT2D eigenvalue weighted by atomic mass is 16.2. The fourth-order valence-electron chi connectivity index (χ4n) is 5.18. The van der Waals surface area contributed by atoms with E-state index in [0.29, 0.717) is 36.2 Å². The number of aromatic amines is 1. The molecule has 194 valence electrons. The first kappa shape index (κ1) is 24.7.